The summed E-state index contributed by atoms with van der Waals surface area (Å²) in [4.78, 5) is 0. The first kappa shape index (κ1) is 13.7. The summed E-state index contributed by atoms with van der Waals surface area (Å²) in [5, 5.41) is 10.1. The zero-order chi connectivity index (χ0) is 12.6. The highest BCUT2D eigenvalue weighted by Crippen LogP contribution is 2.37. The lowest BCUT2D eigenvalue weighted by Gasteiger charge is -2.27. The molecule has 0 amide bonds. The molecule has 0 saturated carbocycles. The highest BCUT2D eigenvalue weighted by Gasteiger charge is 2.41. The van der Waals surface area contributed by atoms with Crippen LogP contribution >= 0.6 is 15.9 Å². The first-order valence-corrected chi connectivity index (χ1v) is 7.48. The van der Waals surface area contributed by atoms with Crippen LogP contribution in [0.4, 0.5) is 0 Å². The summed E-state index contributed by atoms with van der Waals surface area (Å²) in [6.45, 7) is 3.34. The Hall–Kier alpha value is -0.390. The summed E-state index contributed by atoms with van der Waals surface area (Å²) < 4.78 is 21.7. The van der Waals surface area contributed by atoms with Crippen LogP contribution < -0.4 is 0 Å². The molecule has 16 heavy (non-hydrogen) atoms. The second-order valence-electron chi connectivity index (χ2n) is 4.07. The Morgan fingerprint density at radius 3 is 2.44 bits per heavy atom. The topological polar surface area (TPSA) is 54.4 Å². The molecule has 0 saturated heterocycles. The Labute approximate surface area is 105 Å². The molecule has 0 aliphatic carbocycles. The van der Waals surface area contributed by atoms with Gasteiger partial charge in [0.05, 0.1) is 0 Å². The Balaban J connectivity index is 3.17. The van der Waals surface area contributed by atoms with Crippen LogP contribution in [-0.4, -0.2) is 23.4 Å². The molecule has 1 N–H and O–H groups in total. The molecule has 1 aromatic rings. The molecule has 0 aromatic heterocycles. The van der Waals surface area contributed by atoms with Gasteiger partial charge in [0.2, 0.25) is 0 Å². The van der Waals surface area contributed by atoms with Crippen LogP contribution in [0.3, 0.4) is 0 Å². The molecule has 0 spiro atoms. The minimum Gasteiger partial charge on any atom is -0.386 e. The van der Waals surface area contributed by atoms with Gasteiger partial charge in [-0.25, -0.2) is 8.42 Å². The fraction of sp³-hybridized carbons (Fsp3) is 0.455. The summed E-state index contributed by atoms with van der Waals surface area (Å²) in [7, 11) is -3.40. The third-order valence-corrected chi connectivity index (χ3v) is 6.44. The molecule has 2 unspecified atom stereocenters. The van der Waals surface area contributed by atoms with E-state index in [0.29, 0.717) is 5.56 Å². The van der Waals surface area contributed by atoms with Gasteiger partial charge in [0.15, 0.2) is 13.5 Å². The Morgan fingerprint density at radius 1 is 1.44 bits per heavy atom. The Kier molecular flexibility index (Phi) is 3.82. The minimum absolute atomic E-state index is 0.588. The van der Waals surface area contributed by atoms with Crippen LogP contribution in [0.1, 0.15) is 24.2 Å². The van der Waals surface area contributed by atoms with Crippen molar-refractivity contribution < 1.29 is 13.5 Å². The lowest BCUT2D eigenvalue weighted by atomic mass is 10.0. The lowest BCUT2D eigenvalue weighted by molar-refractivity contribution is 0.168. The van der Waals surface area contributed by atoms with Gasteiger partial charge in [-0.15, -0.1) is 0 Å². The molecule has 0 fully saturated rings. The number of hydrogen-bond donors (Lipinski definition) is 1. The fourth-order valence-electron chi connectivity index (χ4n) is 1.34. The third kappa shape index (κ3) is 2.64. The van der Waals surface area contributed by atoms with Crippen LogP contribution in [0.15, 0.2) is 24.3 Å². The molecule has 3 nitrogen and oxygen atoms in total. The SMILES string of the molecule is Cc1cccc(C(O)C(C)(Br)S(C)(=O)=O)c1. The first-order valence-electron chi connectivity index (χ1n) is 4.79. The summed E-state index contributed by atoms with van der Waals surface area (Å²) in [5.41, 5.74) is 1.57. The van der Waals surface area contributed by atoms with Crippen molar-refractivity contribution in [3.8, 4) is 0 Å². The Bertz CT molecular complexity index is 480. The highest BCUT2D eigenvalue weighted by molar-refractivity contribution is 9.11. The van der Waals surface area contributed by atoms with E-state index in [-0.39, 0.29) is 0 Å². The monoisotopic (exact) mass is 306 g/mol. The van der Waals surface area contributed by atoms with E-state index in [1.54, 1.807) is 18.2 Å². The van der Waals surface area contributed by atoms with Gasteiger partial charge in [0.25, 0.3) is 0 Å². The van der Waals surface area contributed by atoms with E-state index in [1.165, 1.54) is 6.92 Å². The Morgan fingerprint density at radius 2 is 2.00 bits per heavy atom. The van der Waals surface area contributed by atoms with Crippen molar-refractivity contribution in [3.63, 3.8) is 0 Å². The van der Waals surface area contributed by atoms with Crippen molar-refractivity contribution in [3.05, 3.63) is 35.4 Å². The number of alkyl halides is 1. The number of halogens is 1. The van der Waals surface area contributed by atoms with Gasteiger partial charge >= 0.3 is 0 Å². The number of benzene rings is 1. The summed E-state index contributed by atoms with van der Waals surface area (Å²) in [6, 6.07) is 7.17. The largest absolute Gasteiger partial charge is 0.386 e. The van der Waals surface area contributed by atoms with Crippen LogP contribution in [0.5, 0.6) is 0 Å². The maximum absolute atomic E-state index is 11.5. The number of hydrogen-bond acceptors (Lipinski definition) is 3. The molecule has 0 heterocycles. The van der Waals surface area contributed by atoms with E-state index in [2.05, 4.69) is 15.9 Å². The quantitative estimate of drug-likeness (QED) is 0.871. The van der Waals surface area contributed by atoms with Gasteiger partial charge < -0.3 is 5.11 Å². The molecule has 1 rings (SSSR count). The van der Waals surface area contributed by atoms with Gasteiger partial charge in [-0.3, -0.25) is 0 Å². The van der Waals surface area contributed by atoms with Crippen LogP contribution in [0.25, 0.3) is 0 Å². The number of sulfone groups is 1. The summed E-state index contributed by atoms with van der Waals surface area (Å²) in [6.07, 6.45) is 0.00298. The maximum atomic E-state index is 11.5. The second-order valence-corrected chi connectivity index (χ2v) is 8.64. The molecule has 0 radical (unpaired) electrons. The van der Waals surface area contributed by atoms with Gasteiger partial charge in [-0.1, -0.05) is 45.8 Å². The van der Waals surface area contributed by atoms with Crippen LogP contribution in [-0.2, 0) is 9.84 Å². The average Bonchev–Trinajstić information content (AvgIpc) is 2.14. The fourth-order valence-corrected chi connectivity index (χ4v) is 2.15. The number of rotatable bonds is 3. The maximum Gasteiger partial charge on any atom is 0.165 e. The number of aliphatic hydroxyl groups is 1. The molecule has 1 aromatic carbocycles. The van der Waals surface area contributed by atoms with Gasteiger partial charge in [0, 0.05) is 6.26 Å². The van der Waals surface area contributed by atoms with Gasteiger partial charge in [-0.2, -0.15) is 0 Å². The predicted octanol–water partition coefficient (Wildman–Crippen LogP) is 2.18. The van der Waals surface area contributed by atoms with E-state index in [1.807, 2.05) is 13.0 Å². The van der Waals surface area contributed by atoms with Crippen molar-refractivity contribution >= 4 is 25.8 Å². The molecule has 90 valence electrons. The van der Waals surface area contributed by atoms with Crippen LogP contribution in [0, 0.1) is 6.92 Å². The molecule has 2 atom stereocenters. The van der Waals surface area contributed by atoms with E-state index in [9.17, 15) is 13.5 Å². The van der Waals surface area contributed by atoms with Crippen molar-refractivity contribution in [2.24, 2.45) is 0 Å². The smallest absolute Gasteiger partial charge is 0.165 e. The van der Waals surface area contributed by atoms with Crippen molar-refractivity contribution in [2.45, 2.75) is 23.6 Å². The molecule has 0 aliphatic rings. The van der Waals surface area contributed by atoms with E-state index in [4.69, 9.17) is 0 Å². The zero-order valence-electron chi connectivity index (χ0n) is 9.44. The third-order valence-electron chi connectivity index (χ3n) is 2.57. The number of aryl methyl sites for hydroxylation is 1. The number of aliphatic hydroxyl groups excluding tert-OH is 1. The first-order chi connectivity index (χ1) is 7.16. The highest BCUT2D eigenvalue weighted by atomic mass is 79.9. The van der Waals surface area contributed by atoms with E-state index < -0.39 is 19.6 Å². The normalized spacial score (nSPS) is 17.8. The minimum atomic E-state index is -3.40. The molecule has 0 bridgehead atoms. The zero-order valence-corrected chi connectivity index (χ0v) is 11.8. The van der Waals surface area contributed by atoms with E-state index >= 15 is 0 Å². The van der Waals surface area contributed by atoms with Crippen molar-refractivity contribution in [1.82, 2.24) is 0 Å². The molecule has 0 aliphatic heterocycles. The predicted molar refractivity (Wildman–Crippen MR) is 68.3 cm³/mol. The molecule has 5 heteroatoms. The summed E-state index contributed by atoms with van der Waals surface area (Å²) >= 11 is 3.09. The van der Waals surface area contributed by atoms with Crippen LogP contribution in [0.2, 0.25) is 0 Å². The second kappa shape index (κ2) is 4.47. The molecular weight excluding hydrogens is 292 g/mol. The van der Waals surface area contributed by atoms with Crippen molar-refractivity contribution in [1.29, 1.82) is 0 Å². The average molecular weight is 307 g/mol. The molecular formula is C11H15BrO3S. The van der Waals surface area contributed by atoms with Gasteiger partial charge in [0.1, 0.15) is 6.10 Å². The lowest BCUT2D eigenvalue weighted by Crippen LogP contribution is -2.34. The van der Waals surface area contributed by atoms with Crippen molar-refractivity contribution in [2.75, 3.05) is 6.26 Å². The summed E-state index contributed by atoms with van der Waals surface area (Å²) in [5.74, 6) is 0. The van der Waals surface area contributed by atoms with E-state index in [0.717, 1.165) is 11.8 Å². The standard InChI is InChI=1S/C11H15BrO3S/c1-8-5-4-6-9(7-8)10(13)11(2,12)16(3,14)15/h4-7,10,13H,1-3H3. The van der Waals surface area contributed by atoms with Gasteiger partial charge in [-0.05, 0) is 19.4 Å².